The number of ether oxygens (including phenoxy) is 1. The largest absolute Gasteiger partial charge is 0.480 e. The van der Waals surface area contributed by atoms with E-state index in [1.165, 1.54) is 103 Å². The molecule has 2 amide bonds. The highest BCUT2D eigenvalue weighted by Crippen LogP contribution is 2.19. The lowest BCUT2D eigenvalue weighted by Crippen LogP contribution is -2.47. The summed E-state index contributed by atoms with van der Waals surface area (Å²) in [5, 5.41) is 22.6. The number of aliphatic hydroxyl groups is 1. The molecule has 9 nitrogen and oxygen atoms in total. The minimum atomic E-state index is -1.38. The maximum Gasteiger partial charge on any atom is 0.328 e. The van der Waals surface area contributed by atoms with Crippen molar-refractivity contribution in [3.05, 3.63) is 24.3 Å². The van der Waals surface area contributed by atoms with Crippen molar-refractivity contribution in [1.82, 2.24) is 10.6 Å². The van der Waals surface area contributed by atoms with E-state index < -0.39 is 24.5 Å². The van der Waals surface area contributed by atoms with Crippen molar-refractivity contribution in [2.24, 2.45) is 0 Å². The van der Waals surface area contributed by atoms with Crippen molar-refractivity contribution in [2.45, 2.75) is 231 Å². The Labute approximate surface area is 336 Å². The Hall–Kier alpha value is -2.68. The number of unbranched alkanes of at least 4 members (excludes halogenated alkanes) is 23. The van der Waals surface area contributed by atoms with Gasteiger partial charge in [0, 0.05) is 12.8 Å². The van der Waals surface area contributed by atoms with Crippen LogP contribution in [0.25, 0.3) is 0 Å². The summed E-state index contributed by atoms with van der Waals surface area (Å²) in [6.07, 6.45) is 44.9. The minimum absolute atomic E-state index is 0.0167. The number of carbonyl (C=O) groups is 4. The highest BCUT2D eigenvalue weighted by molar-refractivity contribution is 5.87. The monoisotopic (exact) mass is 777 g/mol. The number of aliphatic hydroxyl groups excluding tert-OH is 1. The molecule has 0 spiro atoms. The van der Waals surface area contributed by atoms with Crippen LogP contribution in [0.3, 0.4) is 0 Å². The molecule has 0 bridgehead atoms. The molecule has 4 N–H and O–H groups in total. The summed E-state index contributed by atoms with van der Waals surface area (Å²) in [6, 6.07) is -1.38. The first kappa shape index (κ1) is 52.3. The molecule has 9 heteroatoms. The number of hydrogen-bond donors (Lipinski definition) is 4. The third-order valence-corrected chi connectivity index (χ3v) is 10.2. The first-order valence-corrected chi connectivity index (χ1v) is 22.7. The zero-order valence-electron chi connectivity index (χ0n) is 35.4. The fraction of sp³-hybridized carbons (Fsp3) is 0.826. The molecule has 320 valence electrons. The Morgan fingerprint density at radius 1 is 0.545 bits per heavy atom. The fourth-order valence-corrected chi connectivity index (χ4v) is 6.69. The zero-order chi connectivity index (χ0) is 40.5. The molecule has 0 aliphatic rings. The summed E-state index contributed by atoms with van der Waals surface area (Å²) in [5.74, 6) is -2.29. The van der Waals surface area contributed by atoms with Crippen molar-refractivity contribution in [3.8, 4) is 0 Å². The van der Waals surface area contributed by atoms with Gasteiger partial charge in [0.1, 0.15) is 12.1 Å². The third-order valence-electron chi connectivity index (χ3n) is 10.2. The highest BCUT2D eigenvalue weighted by Gasteiger charge is 2.19. The van der Waals surface area contributed by atoms with Crippen LogP contribution in [0.4, 0.5) is 0 Å². The second-order valence-electron chi connectivity index (χ2n) is 15.5. The maximum absolute atomic E-state index is 12.8. The lowest BCUT2D eigenvalue weighted by Gasteiger charge is -2.18. The van der Waals surface area contributed by atoms with Crippen molar-refractivity contribution < 1.29 is 34.1 Å². The van der Waals surface area contributed by atoms with E-state index in [0.717, 1.165) is 83.5 Å². The summed E-state index contributed by atoms with van der Waals surface area (Å²) in [7, 11) is 0. The van der Waals surface area contributed by atoms with Gasteiger partial charge in [0.25, 0.3) is 0 Å². The number of carbonyl (C=O) groups excluding carboxylic acids is 3. The van der Waals surface area contributed by atoms with Crippen LogP contribution in [0.15, 0.2) is 24.3 Å². The van der Waals surface area contributed by atoms with Gasteiger partial charge in [-0.05, 0) is 64.2 Å². The molecule has 0 aromatic rings. The number of allylic oxidation sites excluding steroid dienone is 4. The Balaban J connectivity index is 4.33. The van der Waals surface area contributed by atoms with Gasteiger partial charge >= 0.3 is 11.9 Å². The van der Waals surface area contributed by atoms with E-state index in [9.17, 15) is 19.2 Å². The van der Waals surface area contributed by atoms with Gasteiger partial charge in [-0.15, -0.1) is 0 Å². The van der Waals surface area contributed by atoms with Gasteiger partial charge in [-0.1, -0.05) is 167 Å². The van der Waals surface area contributed by atoms with Crippen molar-refractivity contribution in [1.29, 1.82) is 0 Å². The lowest BCUT2D eigenvalue weighted by atomic mass is 10.0. The molecular formula is C46H84N2O7. The van der Waals surface area contributed by atoms with Crippen LogP contribution >= 0.6 is 0 Å². The number of esters is 1. The zero-order valence-corrected chi connectivity index (χ0v) is 35.4. The smallest absolute Gasteiger partial charge is 0.328 e. The summed E-state index contributed by atoms with van der Waals surface area (Å²) < 4.78 is 6.03. The van der Waals surface area contributed by atoms with Crippen LogP contribution < -0.4 is 10.6 Å². The van der Waals surface area contributed by atoms with Crippen molar-refractivity contribution in [3.63, 3.8) is 0 Å². The van der Waals surface area contributed by atoms with Gasteiger partial charge in [-0.2, -0.15) is 0 Å². The Bertz CT molecular complexity index is 983. The van der Waals surface area contributed by atoms with E-state index >= 15 is 0 Å². The van der Waals surface area contributed by atoms with E-state index in [2.05, 4.69) is 48.8 Å². The van der Waals surface area contributed by atoms with Crippen LogP contribution in [0.5, 0.6) is 0 Å². The highest BCUT2D eigenvalue weighted by atomic mass is 16.5. The molecule has 0 fully saturated rings. The molecule has 0 saturated carbocycles. The Morgan fingerprint density at radius 2 is 1.02 bits per heavy atom. The molecule has 2 unspecified atom stereocenters. The number of aliphatic carboxylic acids is 1. The van der Waals surface area contributed by atoms with E-state index in [0.29, 0.717) is 19.3 Å². The molecule has 0 saturated heterocycles. The van der Waals surface area contributed by atoms with E-state index in [4.69, 9.17) is 14.9 Å². The average molecular weight is 777 g/mol. The Kier molecular flexibility index (Phi) is 39.0. The Morgan fingerprint density at radius 3 is 1.53 bits per heavy atom. The van der Waals surface area contributed by atoms with Crippen molar-refractivity contribution >= 4 is 23.8 Å². The summed E-state index contributed by atoms with van der Waals surface area (Å²) in [6.45, 7) is 3.43. The summed E-state index contributed by atoms with van der Waals surface area (Å²) in [4.78, 5) is 47.6. The van der Waals surface area contributed by atoms with Crippen LogP contribution in [0, 0.1) is 0 Å². The number of amides is 2. The first-order chi connectivity index (χ1) is 26.8. The summed E-state index contributed by atoms with van der Waals surface area (Å²) in [5.41, 5.74) is 0. The molecule has 0 aliphatic heterocycles. The number of carboxylic acid groups (broad SMARTS) is 1. The second-order valence-corrected chi connectivity index (χ2v) is 15.5. The first-order valence-electron chi connectivity index (χ1n) is 22.7. The van der Waals surface area contributed by atoms with Crippen LogP contribution in [0.2, 0.25) is 0 Å². The van der Waals surface area contributed by atoms with Crippen LogP contribution in [-0.4, -0.2) is 59.3 Å². The minimum Gasteiger partial charge on any atom is -0.480 e. The standard InChI is InChI=1S/C46H84N2O7/c1-3-5-7-9-11-13-15-17-19-20-22-24-27-31-35-41(55-45(52)38-34-30-25-23-21-18-16-14-12-10-8-6-4-2)36-32-28-26-29-33-37-43(50)47-39-44(51)48-42(40-49)46(53)54/h8,10,14,16,41-42,49H,3-7,9,11-13,15,17-40H2,1-2H3,(H,47,50)(H,48,51)(H,53,54)/b10-8-,16-14-. The van der Waals surface area contributed by atoms with E-state index in [1.807, 2.05) is 0 Å². The molecule has 0 heterocycles. The topological polar surface area (TPSA) is 142 Å². The van der Waals surface area contributed by atoms with Gasteiger partial charge < -0.3 is 25.6 Å². The quantitative estimate of drug-likeness (QED) is 0.0275. The molecule has 0 aromatic carbocycles. The normalized spacial score (nSPS) is 12.6. The number of rotatable bonds is 41. The second kappa shape index (κ2) is 41.0. The van der Waals surface area contributed by atoms with Gasteiger partial charge in [0.15, 0.2) is 0 Å². The predicted molar refractivity (Wildman–Crippen MR) is 227 cm³/mol. The molecular weight excluding hydrogens is 693 g/mol. The van der Waals surface area contributed by atoms with Crippen LogP contribution in [-0.2, 0) is 23.9 Å². The van der Waals surface area contributed by atoms with E-state index in [1.54, 1.807) is 0 Å². The molecule has 0 rings (SSSR count). The number of hydrogen-bond acceptors (Lipinski definition) is 6. The molecule has 0 aromatic heterocycles. The number of nitrogens with one attached hydrogen (secondary N) is 2. The third kappa shape index (κ3) is 38.0. The maximum atomic E-state index is 12.8. The van der Waals surface area contributed by atoms with E-state index in [-0.39, 0.29) is 24.5 Å². The SMILES string of the molecule is CCC/C=C\C/C=C\CCCCCCCC(=O)OC(CCCCCCCCCCCCCCCC)CCCCCCCC(=O)NCC(=O)NC(CO)C(=O)O. The van der Waals surface area contributed by atoms with Crippen LogP contribution in [0.1, 0.15) is 219 Å². The molecule has 55 heavy (non-hydrogen) atoms. The lowest BCUT2D eigenvalue weighted by molar-refractivity contribution is -0.150. The van der Waals surface area contributed by atoms with Gasteiger partial charge in [-0.3, -0.25) is 14.4 Å². The predicted octanol–water partition coefficient (Wildman–Crippen LogP) is 11.2. The average Bonchev–Trinajstić information content (AvgIpc) is 3.17. The number of carboxylic acids is 1. The summed E-state index contributed by atoms with van der Waals surface area (Å²) >= 11 is 0. The van der Waals surface area contributed by atoms with Gasteiger partial charge in [-0.25, -0.2) is 4.79 Å². The fourth-order valence-electron chi connectivity index (χ4n) is 6.69. The molecule has 0 radical (unpaired) electrons. The molecule has 0 aliphatic carbocycles. The van der Waals surface area contributed by atoms with Gasteiger partial charge in [0.05, 0.1) is 13.2 Å². The molecule has 2 atom stereocenters. The van der Waals surface area contributed by atoms with Gasteiger partial charge in [0.2, 0.25) is 11.8 Å². The van der Waals surface area contributed by atoms with Crippen molar-refractivity contribution in [2.75, 3.05) is 13.2 Å².